The first-order valence-corrected chi connectivity index (χ1v) is 15.1. The fourth-order valence-electron chi connectivity index (χ4n) is 17.7. The molecule has 10 fully saturated rings. The zero-order valence-electron chi connectivity index (χ0n) is 12.2. The van der Waals surface area contributed by atoms with Crippen LogP contribution < -0.4 is 5.32 Å². The summed E-state index contributed by atoms with van der Waals surface area (Å²) in [6.45, 7) is -2.48. The Balaban J connectivity index is 1.12. The van der Waals surface area contributed by atoms with E-state index in [1.165, 1.54) is 45.8 Å². The SMILES string of the molecule is O=[N+]([O-])c1ccc(O)c(CN[C]23[CH]4[CH]5[CH]6[CH]2[Fe]56432789[CH]3[CH]2[CH]7[CH]8[CH]39)c1. The molecule has 5 nitrogen and oxygen atoms in total. The molecule has 2 N–H and O–H groups in total. The van der Waals surface area contributed by atoms with Crippen molar-refractivity contribution in [3.05, 3.63) is 33.9 Å². The van der Waals surface area contributed by atoms with Crippen molar-refractivity contribution in [2.45, 2.75) is 54.3 Å². The molecule has 10 heterocycles. The molecule has 4 unspecified atom stereocenters. The Morgan fingerprint density at radius 2 is 1.74 bits per heavy atom. The van der Waals surface area contributed by atoms with E-state index in [-0.39, 0.29) is 16.4 Å². The van der Waals surface area contributed by atoms with E-state index in [9.17, 15) is 15.2 Å². The van der Waals surface area contributed by atoms with Crippen molar-refractivity contribution in [3.63, 3.8) is 0 Å². The molecule has 1 spiro atoms. The van der Waals surface area contributed by atoms with Crippen molar-refractivity contribution in [1.29, 1.82) is 0 Å². The van der Waals surface area contributed by atoms with E-state index < -0.39 is 6.51 Å². The molecule has 1 aromatic carbocycles. The van der Waals surface area contributed by atoms with E-state index in [1.54, 1.807) is 6.07 Å². The molecule has 6 heteroatoms. The molecule has 0 aromatic heterocycles. The van der Waals surface area contributed by atoms with Crippen LogP contribution in [0.3, 0.4) is 0 Å². The van der Waals surface area contributed by atoms with Crippen molar-refractivity contribution in [3.8, 4) is 5.75 Å². The minimum absolute atomic E-state index is 0.0877. The van der Waals surface area contributed by atoms with Gasteiger partial charge in [0.05, 0.1) is 0 Å². The van der Waals surface area contributed by atoms with E-state index in [2.05, 4.69) is 5.32 Å². The molecule has 10 aliphatic heterocycles. The van der Waals surface area contributed by atoms with Gasteiger partial charge in [0.2, 0.25) is 0 Å². The van der Waals surface area contributed by atoms with Gasteiger partial charge < -0.3 is 0 Å². The van der Waals surface area contributed by atoms with Crippen LogP contribution >= 0.6 is 0 Å². The number of nitrogens with one attached hydrogen (secondary N) is 1. The maximum atomic E-state index is 11.0. The van der Waals surface area contributed by atoms with Crippen LogP contribution in [-0.2, 0) is 13.1 Å². The van der Waals surface area contributed by atoms with Gasteiger partial charge >= 0.3 is 121 Å². The van der Waals surface area contributed by atoms with E-state index in [0.29, 0.717) is 11.0 Å². The van der Waals surface area contributed by atoms with Crippen LogP contribution in [0, 0.1) is 10.1 Å². The fraction of sp³-hybridized carbons (Fsp3) is 0.647. The monoisotopic (exact) mass is 352 g/mol. The summed E-state index contributed by atoms with van der Waals surface area (Å²) in [5.41, 5.74) is 0.805. The van der Waals surface area contributed by atoms with Crippen LogP contribution in [0.2, 0.25) is 43.3 Å². The van der Waals surface area contributed by atoms with Gasteiger partial charge in [-0.2, -0.15) is 0 Å². The van der Waals surface area contributed by atoms with E-state index in [0.717, 1.165) is 15.2 Å². The summed E-state index contributed by atoms with van der Waals surface area (Å²) in [4.78, 5) is 21.9. The van der Waals surface area contributed by atoms with Gasteiger partial charge in [-0.3, -0.25) is 0 Å². The Bertz CT molecular complexity index is 1270. The molecule has 10 saturated heterocycles. The summed E-state index contributed by atoms with van der Waals surface area (Å²) in [7, 11) is 0. The van der Waals surface area contributed by atoms with Gasteiger partial charge in [0.25, 0.3) is 0 Å². The number of aromatic hydroxyl groups is 1. The van der Waals surface area contributed by atoms with Crippen LogP contribution in [0.25, 0.3) is 0 Å². The van der Waals surface area contributed by atoms with Crippen LogP contribution in [0.1, 0.15) is 5.56 Å². The first-order valence-electron chi connectivity index (χ1n) is 8.77. The van der Waals surface area contributed by atoms with Gasteiger partial charge in [0.1, 0.15) is 0 Å². The molecule has 0 aliphatic carbocycles. The average molecular weight is 352 g/mol. The first-order chi connectivity index (χ1) is 10.8. The number of nitro groups is 1. The van der Waals surface area contributed by atoms with E-state index in [1.807, 2.05) is 0 Å². The molecule has 23 heavy (non-hydrogen) atoms. The number of non-ortho nitro benzene ring substituents is 1. The van der Waals surface area contributed by atoms with Crippen molar-refractivity contribution in [2.24, 2.45) is 0 Å². The van der Waals surface area contributed by atoms with Crippen molar-refractivity contribution in [1.82, 2.24) is 5.32 Å². The van der Waals surface area contributed by atoms with Gasteiger partial charge in [-0.15, -0.1) is 0 Å². The van der Waals surface area contributed by atoms with E-state index in [4.69, 9.17) is 0 Å². The predicted molar refractivity (Wildman–Crippen MR) is 78.1 cm³/mol. The molecule has 0 bridgehead atoms. The van der Waals surface area contributed by atoms with Crippen molar-refractivity contribution < 1.29 is 16.5 Å². The zero-order valence-corrected chi connectivity index (χ0v) is 13.3. The Morgan fingerprint density at radius 3 is 2.17 bits per heavy atom. The molecular formula is C17H16FeN2O3. The summed E-state index contributed by atoms with van der Waals surface area (Å²) >= 11 is 0. The molecule has 120 valence electrons. The van der Waals surface area contributed by atoms with Crippen LogP contribution in [0.4, 0.5) is 5.69 Å². The van der Waals surface area contributed by atoms with E-state index >= 15 is 0 Å². The molecule has 0 saturated carbocycles. The van der Waals surface area contributed by atoms with Crippen LogP contribution in [0.5, 0.6) is 5.75 Å². The summed E-state index contributed by atoms with van der Waals surface area (Å²) < 4.78 is 0.593. The molecule has 0 amide bonds. The number of fused-ring (bicyclic) bond motifs is 10. The Labute approximate surface area is 121 Å². The third-order valence-electron chi connectivity index (χ3n) is 16.5. The predicted octanol–water partition coefficient (Wildman–Crippen LogP) is 3.69. The van der Waals surface area contributed by atoms with Gasteiger partial charge in [-0.1, -0.05) is 0 Å². The van der Waals surface area contributed by atoms with Crippen molar-refractivity contribution >= 4 is 5.69 Å². The number of phenolic OH excluding ortho intramolecular Hbond substituents is 1. The third-order valence-corrected chi connectivity index (χ3v) is 58.7. The summed E-state index contributed by atoms with van der Waals surface area (Å²) in [5, 5.41) is 25.1. The average Bonchev–Trinajstić information content (AvgIpc) is 3.46. The first kappa shape index (κ1) is 9.40. The minimum atomic E-state index is -3.12. The van der Waals surface area contributed by atoms with Crippen LogP contribution in [0.15, 0.2) is 18.2 Å². The molecule has 4 atom stereocenters. The second-order valence-corrected chi connectivity index (χ2v) is 35.7. The quantitative estimate of drug-likeness (QED) is 0.492. The fourth-order valence-corrected chi connectivity index (χ4v) is 91.1. The maximum absolute atomic E-state index is 11.0. The Morgan fingerprint density at radius 1 is 1.13 bits per heavy atom. The number of nitro benzene ring substituents is 1. The standard InChI is InChI=1S/C12H11N2O3.C5H5.Fe/c15-12-6-5-11(14(16)17)7-9(12)8-13-10-3-1-2-4-10;1-2-4-5-3-1;/h1-7,13,15H,8H2;1-5H;. The third kappa shape index (κ3) is 0.135. The number of hydrogen-bond acceptors (Lipinski definition) is 4. The number of nitrogens with zero attached hydrogens (tertiary/aromatic N) is 1. The molecule has 10 aliphatic rings. The van der Waals surface area contributed by atoms with Crippen LogP contribution in [-0.4, -0.2) is 14.5 Å². The topological polar surface area (TPSA) is 75.4 Å². The molecule has 0 radical (unpaired) electrons. The number of rotatable bonds is 4. The summed E-state index contributed by atoms with van der Waals surface area (Å²) in [5.74, 6) is 0.203. The zero-order chi connectivity index (χ0) is 14.9. The van der Waals surface area contributed by atoms with Gasteiger partial charge in [-0.25, -0.2) is 0 Å². The van der Waals surface area contributed by atoms with Gasteiger partial charge in [-0.05, 0) is 0 Å². The summed E-state index contributed by atoms with van der Waals surface area (Å²) in [6, 6.07) is 4.44. The van der Waals surface area contributed by atoms with Gasteiger partial charge in [0, 0.05) is 0 Å². The second kappa shape index (κ2) is 0.939. The summed E-state index contributed by atoms with van der Waals surface area (Å²) in [6.07, 6.45) is 0. The molecule has 11 rings (SSSR count). The number of hydrogen-bond donors (Lipinski definition) is 2. The molecular weight excluding hydrogens is 336 g/mol. The van der Waals surface area contributed by atoms with Crippen molar-refractivity contribution in [2.75, 3.05) is 0 Å². The second-order valence-electron chi connectivity index (χ2n) is 12.1. The normalized spacial score (nSPS) is 90.9. The van der Waals surface area contributed by atoms with Gasteiger partial charge in [0.15, 0.2) is 0 Å². The Kier molecular flexibility index (Phi) is 0.384. The molecule has 1 aromatic rings. The number of phenols is 1. The number of benzene rings is 1. The Hall–Kier alpha value is -1.10.